The third-order valence-electron chi connectivity index (χ3n) is 4.09. The van der Waals surface area contributed by atoms with Gasteiger partial charge in [-0.15, -0.1) is 0 Å². The lowest BCUT2D eigenvalue weighted by Crippen LogP contribution is -2.46. The molecule has 3 amide bonds. The summed E-state index contributed by atoms with van der Waals surface area (Å²) in [5.74, 6) is -0.123. The van der Waals surface area contributed by atoms with Crippen molar-refractivity contribution in [1.29, 1.82) is 0 Å². The highest BCUT2D eigenvalue weighted by Gasteiger charge is 2.23. The van der Waals surface area contributed by atoms with Crippen molar-refractivity contribution in [2.75, 3.05) is 18.4 Å². The number of benzene rings is 1. The number of likely N-dealkylation sites (tertiary alicyclic amines) is 1. The van der Waals surface area contributed by atoms with Crippen LogP contribution in [0.15, 0.2) is 24.3 Å². The molecule has 2 N–H and O–H groups in total. The average molecular weight is 331 g/mol. The van der Waals surface area contributed by atoms with E-state index in [1.54, 1.807) is 24.3 Å². The quantitative estimate of drug-likeness (QED) is 0.868. The summed E-state index contributed by atoms with van der Waals surface area (Å²) in [5, 5.41) is 5.69. The van der Waals surface area contributed by atoms with Crippen molar-refractivity contribution in [3.8, 4) is 0 Å². The second-order valence-corrected chi connectivity index (χ2v) is 6.14. The molecule has 0 atom stereocenters. The number of piperidine rings is 1. The molecule has 130 valence electrons. The molecule has 1 aromatic rings. The Morgan fingerprint density at radius 3 is 2.54 bits per heavy atom. The summed E-state index contributed by atoms with van der Waals surface area (Å²) in [4.78, 5) is 37.2. The van der Waals surface area contributed by atoms with Gasteiger partial charge in [0.15, 0.2) is 0 Å². The Morgan fingerprint density at radius 1 is 1.21 bits per heavy atom. The Balaban J connectivity index is 1.87. The number of nitrogens with zero attached hydrogens (tertiary/aromatic N) is 1. The summed E-state index contributed by atoms with van der Waals surface area (Å²) >= 11 is 0. The molecule has 0 bridgehead atoms. The molecule has 1 saturated heterocycles. The molecule has 1 aliphatic heterocycles. The van der Waals surface area contributed by atoms with Gasteiger partial charge in [0.1, 0.15) is 0 Å². The standard InChI is InChI=1S/C18H25N3O3/c1-3-5-17(23)21-10-8-15(9-11-21)20-18(24)14-6-4-7-16(12-14)19-13(2)22/h4,6-7,12,15H,3,5,8-11H2,1-2H3,(H,19,22)(H,20,24). The summed E-state index contributed by atoms with van der Waals surface area (Å²) in [6.07, 6.45) is 2.99. The molecule has 0 spiro atoms. The second-order valence-electron chi connectivity index (χ2n) is 6.14. The SMILES string of the molecule is CCCC(=O)N1CCC(NC(=O)c2cccc(NC(C)=O)c2)CC1. The molecule has 6 heteroatoms. The van der Waals surface area contributed by atoms with Crippen molar-refractivity contribution in [2.45, 2.75) is 45.6 Å². The van der Waals surface area contributed by atoms with E-state index in [-0.39, 0.29) is 23.8 Å². The third-order valence-corrected chi connectivity index (χ3v) is 4.09. The van der Waals surface area contributed by atoms with E-state index < -0.39 is 0 Å². The van der Waals surface area contributed by atoms with Crippen LogP contribution in [0.5, 0.6) is 0 Å². The van der Waals surface area contributed by atoms with Gasteiger partial charge in [-0.25, -0.2) is 0 Å². The Morgan fingerprint density at radius 2 is 1.92 bits per heavy atom. The lowest BCUT2D eigenvalue weighted by atomic mass is 10.0. The number of hydrogen-bond donors (Lipinski definition) is 2. The third kappa shape index (κ3) is 5.08. The zero-order chi connectivity index (χ0) is 17.5. The number of rotatable bonds is 5. The van der Waals surface area contributed by atoms with Crippen LogP contribution in [0.4, 0.5) is 5.69 Å². The summed E-state index contributed by atoms with van der Waals surface area (Å²) in [6.45, 7) is 4.81. The summed E-state index contributed by atoms with van der Waals surface area (Å²) < 4.78 is 0. The first-order valence-electron chi connectivity index (χ1n) is 8.46. The Kier molecular flexibility index (Phi) is 6.35. The first kappa shape index (κ1) is 18.0. The smallest absolute Gasteiger partial charge is 0.251 e. The highest BCUT2D eigenvalue weighted by molar-refractivity contribution is 5.96. The molecule has 0 aromatic heterocycles. The van der Waals surface area contributed by atoms with Crippen molar-refractivity contribution in [2.24, 2.45) is 0 Å². The predicted octanol–water partition coefficient (Wildman–Crippen LogP) is 2.17. The van der Waals surface area contributed by atoms with Crippen LogP contribution in [0, 0.1) is 0 Å². The minimum Gasteiger partial charge on any atom is -0.349 e. The summed E-state index contributed by atoms with van der Waals surface area (Å²) in [5.41, 5.74) is 1.13. The minimum absolute atomic E-state index is 0.0765. The molecule has 0 aliphatic carbocycles. The monoisotopic (exact) mass is 331 g/mol. The van der Waals surface area contributed by atoms with Crippen LogP contribution in [-0.2, 0) is 9.59 Å². The molecule has 1 aromatic carbocycles. The zero-order valence-corrected chi connectivity index (χ0v) is 14.3. The van der Waals surface area contributed by atoms with Gasteiger partial charge in [0.25, 0.3) is 5.91 Å². The van der Waals surface area contributed by atoms with Gasteiger partial charge in [-0.2, -0.15) is 0 Å². The van der Waals surface area contributed by atoms with E-state index in [1.165, 1.54) is 6.92 Å². The molecular formula is C18H25N3O3. The lowest BCUT2D eigenvalue weighted by Gasteiger charge is -2.32. The van der Waals surface area contributed by atoms with Crippen LogP contribution < -0.4 is 10.6 Å². The summed E-state index contributed by atoms with van der Waals surface area (Å²) in [6, 6.07) is 6.95. The van der Waals surface area contributed by atoms with Gasteiger partial charge in [0.2, 0.25) is 11.8 Å². The van der Waals surface area contributed by atoms with Crippen LogP contribution in [0.3, 0.4) is 0 Å². The van der Waals surface area contributed by atoms with Gasteiger partial charge >= 0.3 is 0 Å². The fraction of sp³-hybridized carbons (Fsp3) is 0.500. The largest absolute Gasteiger partial charge is 0.349 e. The number of carbonyl (C=O) groups is 3. The molecule has 1 heterocycles. The van der Waals surface area contributed by atoms with Crippen LogP contribution in [0.1, 0.15) is 49.9 Å². The maximum absolute atomic E-state index is 12.4. The first-order valence-corrected chi connectivity index (χ1v) is 8.46. The minimum atomic E-state index is -0.170. The maximum Gasteiger partial charge on any atom is 0.251 e. The number of hydrogen-bond acceptors (Lipinski definition) is 3. The van der Waals surface area contributed by atoms with Crippen molar-refractivity contribution in [1.82, 2.24) is 10.2 Å². The van der Waals surface area contributed by atoms with Crippen molar-refractivity contribution >= 4 is 23.4 Å². The zero-order valence-electron chi connectivity index (χ0n) is 14.3. The number of amides is 3. The normalized spacial score (nSPS) is 15.0. The van der Waals surface area contributed by atoms with E-state index in [4.69, 9.17) is 0 Å². The van der Waals surface area contributed by atoms with E-state index in [1.807, 2.05) is 11.8 Å². The Labute approximate surface area is 142 Å². The average Bonchev–Trinajstić information content (AvgIpc) is 2.55. The van der Waals surface area contributed by atoms with Gasteiger partial charge in [0, 0.05) is 43.7 Å². The highest BCUT2D eigenvalue weighted by atomic mass is 16.2. The lowest BCUT2D eigenvalue weighted by molar-refractivity contribution is -0.132. The van der Waals surface area contributed by atoms with E-state index in [9.17, 15) is 14.4 Å². The molecule has 0 saturated carbocycles. The van der Waals surface area contributed by atoms with Gasteiger partial charge in [0.05, 0.1) is 0 Å². The van der Waals surface area contributed by atoms with E-state index in [2.05, 4.69) is 10.6 Å². The first-order chi connectivity index (χ1) is 11.5. The molecule has 24 heavy (non-hydrogen) atoms. The van der Waals surface area contributed by atoms with Crippen molar-refractivity contribution in [3.05, 3.63) is 29.8 Å². The summed E-state index contributed by atoms with van der Waals surface area (Å²) in [7, 11) is 0. The highest BCUT2D eigenvalue weighted by Crippen LogP contribution is 2.14. The Hall–Kier alpha value is -2.37. The fourth-order valence-electron chi connectivity index (χ4n) is 2.86. The fourth-order valence-corrected chi connectivity index (χ4v) is 2.86. The van der Waals surface area contributed by atoms with Gasteiger partial charge < -0.3 is 15.5 Å². The topological polar surface area (TPSA) is 78.5 Å². The van der Waals surface area contributed by atoms with Crippen LogP contribution in [0.25, 0.3) is 0 Å². The molecule has 0 radical (unpaired) electrons. The van der Waals surface area contributed by atoms with Gasteiger partial charge in [-0.3, -0.25) is 14.4 Å². The molecule has 6 nitrogen and oxygen atoms in total. The van der Waals surface area contributed by atoms with Crippen LogP contribution >= 0.6 is 0 Å². The number of nitrogens with one attached hydrogen (secondary N) is 2. The molecular weight excluding hydrogens is 306 g/mol. The molecule has 1 aliphatic rings. The van der Waals surface area contributed by atoms with Crippen LogP contribution in [-0.4, -0.2) is 41.8 Å². The number of carbonyl (C=O) groups excluding carboxylic acids is 3. The van der Waals surface area contributed by atoms with Crippen LogP contribution in [0.2, 0.25) is 0 Å². The van der Waals surface area contributed by atoms with Gasteiger partial charge in [-0.05, 0) is 37.5 Å². The van der Waals surface area contributed by atoms with E-state index in [0.29, 0.717) is 30.8 Å². The molecule has 1 fully saturated rings. The van der Waals surface area contributed by atoms with Gasteiger partial charge in [-0.1, -0.05) is 13.0 Å². The maximum atomic E-state index is 12.4. The van der Waals surface area contributed by atoms with E-state index >= 15 is 0 Å². The van der Waals surface area contributed by atoms with E-state index in [0.717, 1.165) is 19.3 Å². The molecule has 0 unspecified atom stereocenters. The Bertz CT molecular complexity index is 607. The number of anilines is 1. The van der Waals surface area contributed by atoms with Crippen molar-refractivity contribution in [3.63, 3.8) is 0 Å². The predicted molar refractivity (Wildman–Crippen MR) is 92.7 cm³/mol. The second kappa shape index (κ2) is 8.47. The van der Waals surface area contributed by atoms with Crippen molar-refractivity contribution < 1.29 is 14.4 Å². The molecule has 2 rings (SSSR count).